The molecule has 0 spiro atoms. The van der Waals surface area contributed by atoms with Gasteiger partial charge in [-0.2, -0.15) is 0 Å². The van der Waals surface area contributed by atoms with Crippen molar-refractivity contribution in [2.45, 2.75) is 37.8 Å². The number of nitrogens with zero attached hydrogens (tertiary/aromatic N) is 1. The summed E-state index contributed by atoms with van der Waals surface area (Å²) in [5.41, 5.74) is 2.12. The summed E-state index contributed by atoms with van der Waals surface area (Å²) >= 11 is 0. The second-order valence-corrected chi connectivity index (χ2v) is 11.4. The van der Waals surface area contributed by atoms with Crippen LogP contribution < -0.4 is 16.0 Å². The Morgan fingerprint density at radius 3 is 1.50 bits per heavy atom. The second-order valence-electron chi connectivity index (χ2n) is 11.4. The van der Waals surface area contributed by atoms with Gasteiger partial charge in [-0.1, -0.05) is 23.7 Å². The molecule has 2 aliphatic rings. The monoisotopic (exact) mass is 793 g/mol. The molecule has 0 saturated heterocycles. The molecule has 56 heavy (non-hydrogen) atoms. The van der Waals surface area contributed by atoms with Crippen LogP contribution in [0.2, 0.25) is 0 Å². The molecule has 2 fully saturated rings. The number of hydrogen-bond donors (Lipinski definition) is 4. The van der Waals surface area contributed by atoms with Crippen molar-refractivity contribution in [2.75, 3.05) is 49.6 Å². The van der Waals surface area contributed by atoms with Gasteiger partial charge in [-0.15, -0.1) is 12.4 Å². The number of hydrogen-bond acceptors (Lipinski definition) is 9. The van der Waals surface area contributed by atoms with Crippen molar-refractivity contribution in [2.24, 2.45) is 11.8 Å². The van der Waals surface area contributed by atoms with Crippen LogP contribution in [-0.2, 0) is 28.7 Å². The lowest BCUT2D eigenvalue weighted by Crippen LogP contribution is -2.51. The van der Waals surface area contributed by atoms with Crippen LogP contribution in [0.1, 0.15) is 58.9 Å². The Morgan fingerprint density at radius 2 is 1.16 bits per heavy atom. The van der Waals surface area contributed by atoms with Crippen LogP contribution >= 0.6 is 12.4 Å². The van der Waals surface area contributed by atoms with E-state index < -0.39 is 54.9 Å². The third-order valence-electron chi connectivity index (χ3n) is 7.37. The molecular weight excluding hydrogens is 747 g/mol. The molecule has 2 unspecified atom stereocenters. The highest BCUT2D eigenvalue weighted by molar-refractivity contribution is 6.07. The summed E-state index contributed by atoms with van der Waals surface area (Å²) in [5, 5.41) is 15.9. The van der Waals surface area contributed by atoms with Crippen molar-refractivity contribution in [1.29, 1.82) is 0 Å². The van der Waals surface area contributed by atoms with E-state index >= 15 is 0 Å². The molecule has 2 atom stereocenters. The number of carboxylic acids is 1. The average molecular weight is 794 g/mol. The van der Waals surface area contributed by atoms with Gasteiger partial charge < -0.3 is 30.1 Å². The van der Waals surface area contributed by atoms with Gasteiger partial charge in [0.15, 0.2) is 6.04 Å². The predicted octanol–water partition coefficient (Wildman–Crippen LogP) is 2.46. The van der Waals surface area contributed by atoms with Gasteiger partial charge in [0.2, 0.25) is 11.9 Å². The van der Waals surface area contributed by atoms with Gasteiger partial charge in [0, 0.05) is 49.7 Å². The molecule has 15 heteroatoms. The summed E-state index contributed by atoms with van der Waals surface area (Å²) in [6.45, 7) is 0. The summed E-state index contributed by atoms with van der Waals surface area (Å²) in [4.78, 5) is 69.6. The zero-order valence-corrected chi connectivity index (χ0v) is 32.7. The number of rotatable bonds is 8. The van der Waals surface area contributed by atoms with E-state index in [1.165, 1.54) is 48.1 Å². The number of carbonyl (C=O) groups is 6. The zero-order valence-electron chi connectivity index (χ0n) is 32.9. The van der Waals surface area contributed by atoms with Crippen molar-refractivity contribution in [1.82, 2.24) is 20.9 Å². The maximum Gasteiger partial charge on any atom is 0.338 e. The summed E-state index contributed by atoms with van der Waals surface area (Å²) < 4.78 is 24.5. The molecule has 4 rings (SSSR count). The molecule has 0 radical (unpaired) electrons. The molecule has 0 bridgehead atoms. The highest BCUT2D eigenvalue weighted by atomic mass is 35.5. The normalized spacial score (nSPS) is 12.5. The largest absolute Gasteiger partial charge is 0.478 e. The number of carbonyl (C=O) groups excluding carboxylic acids is 5. The van der Waals surface area contributed by atoms with E-state index in [-0.39, 0.29) is 18.0 Å². The fourth-order valence-corrected chi connectivity index (χ4v) is 3.96. The summed E-state index contributed by atoms with van der Waals surface area (Å²) in [6.07, 6.45) is 4.70. The number of carboxylic acid groups (broad SMARTS) is 1. The molecule has 13 nitrogen and oxygen atoms in total. The number of nitrogens with one attached hydrogen (secondary N) is 3. The number of esters is 2. The molecule has 0 heterocycles. The zero-order chi connectivity index (χ0) is 42.0. The average Bonchev–Trinajstić information content (AvgIpc) is 4.16. The number of halogens is 2. The SMILES string of the molecule is CNC(=O)C(C(=O)OC)N(C)C(=O)c1ccc(C#CC#CC2CC2)cc1.CNC(=O)C(NC)C(=O)OC.Cl.O=C(O)c1ccc(C#CC#CC2CC2)cc1.[2H]CF. The number of aromatic carboxylic acids is 1. The van der Waals surface area contributed by atoms with E-state index in [2.05, 4.69) is 72.8 Å². The summed E-state index contributed by atoms with van der Waals surface area (Å²) in [5.74, 6) is 20.3. The van der Waals surface area contributed by atoms with E-state index in [9.17, 15) is 33.2 Å². The Morgan fingerprint density at radius 1 is 0.750 bits per heavy atom. The molecule has 2 aliphatic carbocycles. The van der Waals surface area contributed by atoms with Crippen LogP contribution in [0.25, 0.3) is 0 Å². The van der Waals surface area contributed by atoms with Gasteiger partial charge in [0.1, 0.15) is 0 Å². The molecular formula is C41H46ClFN4O9. The van der Waals surface area contributed by atoms with Crippen molar-refractivity contribution < 1.29 is 49.1 Å². The Kier molecular flexibility index (Phi) is 23.2. The van der Waals surface area contributed by atoms with Gasteiger partial charge in [-0.3, -0.25) is 24.1 Å². The van der Waals surface area contributed by atoms with Gasteiger partial charge >= 0.3 is 17.9 Å². The number of methoxy groups -OCH3 is 2. The van der Waals surface area contributed by atoms with Gasteiger partial charge in [0.25, 0.3) is 11.8 Å². The first-order chi connectivity index (χ1) is 26.8. The van der Waals surface area contributed by atoms with Gasteiger partial charge in [-0.25, -0.2) is 14.4 Å². The first kappa shape index (κ1) is 47.7. The number of likely N-dealkylation sites (N-methyl/N-ethyl adjacent to an activating group) is 4. The van der Waals surface area contributed by atoms with Gasteiger partial charge in [0.05, 0.1) is 28.3 Å². The maximum atomic E-state index is 12.6. The molecule has 2 aromatic carbocycles. The van der Waals surface area contributed by atoms with Crippen molar-refractivity contribution in [3.05, 3.63) is 70.8 Å². The lowest BCUT2D eigenvalue weighted by atomic mass is 10.1. The van der Waals surface area contributed by atoms with E-state index in [1.807, 2.05) is 0 Å². The lowest BCUT2D eigenvalue weighted by molar-refractivity contribution is -0.150. The third-order valence-corrected chi connectivity index (χ3v) is 7.37. The Balaban J connectivity index is 0.000000862. The van der Waals surface area contributed by atoms with Crippen molar-refractivity contribution in [3.63, 3.8) is 0 Å². The Hall–Kier alpha value is -6.32. The highest BCUT2D eigenvalue weighted by Crippen LogP contribution is 2.27. The lowest BCUT2D eigenvalue weighted by Gasteiger charge is -2.24. The first-order valence-electron chi connectivity index (χ1n) is 17.4. The number of benzene rings is 2. The van der Waals surface area contributed by atoms with Crippen LogP contribution in [0.15, 0.2) is 48.5 Å². The van der Waals surface area contributed by atoms with Crippen molar-refractivity contribution in [3.8, 4) is 47.4 Å². The topological polar surface area (TPSA) is 180 Å². The minimum atomic E-state index is -1.35. The molecule has 298 valence electrons. The first-order valence-corrected chi connectivity index (χ1v) is 16.7. The Bertz CT molecular complexity index is 1890. The smallest absolute Gasteiger partial charge is 0.338 e. The summed E-state index contributed by atoms with van der Waals surface area (Å²) in [7, 11) is 7.12. The molecule has 0 aromatic heterocycles. The second kappa shape index (κ2) is 27.3. The van der Waals surface area contributed by atoms with E-state index in [0.29, 0.717) is 17.4 Å². The predicted molar refractivity (Wildman–Crippen MR) is 210 cm³/mol. The molecule has 0 aliphatic heterocycles. The van der Waals surface area contributed by atoms with E-state index in [0.717, 1.165) is 36.0 Å². The van der Waals surface area contributed by atoms with Crippen LogP contribution in [0.5, 0.6) is 0 Å². The van der Waals surface area contributed by atoms with Crippen molar-refractivity contribution >= 4 is 48.0 Å². The summed E-state index contributed by atoms with van der Waals surface area (Å²) in [6, 6.07) is 10.8. The minimum absolute atomic E-state index is 0. The highest BCUT2D eigenvalue weighted by Gasteiger charge is 2.34. The quantitative estimate of drug-likeness (QED) is 0.176. The number of ether oxygens (including phenoxy) is 2. The van der Waals surface area contributed by atoms with Crippen LogP contribution in [0.3, 0.4) is 0 Å². The molecule has 2 aromatic rings. The van der Waals surface area contributed by atoms with Crippen LogP contribution in [0.4, 0.5) is 4.39 Å². The fourth-order valence-electron chi connectivity index (χ4n) is 3.96. The Labute approximate surface area is 334 Å². The fraction of sp³-hybridized carbons (Fsp3) is 0.366. The van der Waals surface area contributed by atoms with E-state index in [1.54, 1.807) is 48.5 Å². The molecule has 2 saturated carbocycles. The van der Waals surface area contributed by atoms with Crippen LogP contribution in [0, 0.1) is 59.2 Å². The van der Waals surface area contributed by atoms with E-state index in [4.69, 9.17) is 6.48 Å². The maximum absolute atomic E-state index is 12.6. The standard InChI is InChI=1S/C20H20N2O4.C14H10O2.C6H12N2O3.CH3F.ClH/c1-21-18(23)17(20(25)26-3)22(2)19(24)16-12-10-15(11-13-16)7-5-4-6-14-8-9-14;15-14(16)13-9-7-12(8-10-13)4-2-1-3-11-5-6-11;1-7-4(5(9)8-2)6(10)11-3;1-2;/h10-14,17H,8-9H2,1-3H3,(H,21,23);7-11H,5-6H2,(H,15,16);4,7H,1-3H3,(H,8,9);1H3;1H/i;;;1D;. The molecule has 3 amide bonds. The third kappa shape index (κ3) is 18.1. The van der Waals surface area contributed by atoms with Crippen LogP contribution in [-0.4, -0.2) is 107 Å². The molecule has 4 N–H and O–H groups in total. The minimum Gasteiger partial charge on any atom is -0.478 e. The van der Waals surface area contributed by atoms with Gasteiger partial charge in [-0.05, 0) is 105 Å². The number of alkyl halides is 1. The number of amides is 3.